The highest BCUT2D eigenvalue weighted by Gasteiger charge is 2.29. The summed E-state index contributed by atoms with van der Waals surface area (Å²) < 4.78 is 37.1. The van der Waals surface area contributed by atoms with Gasteiger partial charge in [0.2, 0.25) is 15.9 Å². The molecular weight excluding hydrogens is 428 g/mol. The molecule has 3 rings (SSSR count). The molecule has 8 heteroatoms. The number of anilines is 2. The minimum atomic E-state index is -3.71. The Morgan fingerprint density at radius 1 is 0.906 bits per heavy atom. The Balaban J connectivity index is 1.72. The third kappa shape index (κ3) is 6.01. The number of carbonyl (C=O) groups excluding carboxylic acids is 1. The van der Waals surface area contributed by atoms with Crippen molar-refractivity contribution in [3.05, 3.63) is 78.9 Å². The van der Waals surface area contributed by atoms with Gasteiger partial charge >= 0.3 is 0 Å². The predicted octanol–water partition coefficient (Wildman–Crippen LogP) is 4.67. The van der Waals surface area contributed by atoms with E-state index in [1.807, 2.05) is 37.3 Å². The van der Waals surface area contributed by atoms with Gasteiger partial charge in [0, 0.05) is 5.69 Å². The Labute approximate surface area is 188 Å². The topological polar surface area (TPSA) is 84.9 Å². The Morgan fingerprint density at radius 2 is 1.47 bits per heavy atom. The smallest absolute Gasteiger partial charge is 0.247 e. The first-order chi connectivity index (χ1) is 15.3. The van der Waals surface area contributed by atoms with Gasteiger partial charge < -0.3 is 14.8 Å². The van der Waals surface area contributed by atoms with E-state index in [4.69, 9.17) is 9.47 Å². The first-order valence-corrected chi connectivity index (χ1v) is 12.0. The fourth-order valence-corrected chi connectivity index (χ4v) is 4.32. The lowest BCUT2D eigenvalue weighted by Crippen LogP contribution is -2.45. The van der Waals surface area contributed by atoms with E-state index in [-0.39, 0.29) is 0 Å². The van der Waals surface area contributed by atoms with Crippen LogP contribution in [0.1, 0.15) is 13.8 Å². The molecule has 0 aromatic heterocycles. The second-order valence-electron chi connectivity index (χ2n) is 7.09. The van der Waals surface area contributed by atoms with Crippen molar-refractivity contribution in [3.8, 4) is 17.2 Å². The summed E-state index contributed by atoms with van der Waals surface area (Å²) in [5.74, 6) is 1.49. The van der Waals surface area contributed by atoms with Crippen LogP contribution in [0, 0.1) is 0 Å². The van der Waals surface area contributed by atoms with Crippen LogP contribution < -0.4 is 19.1 Å². The van der Waals surface area contributed by atoms with Gasteiger partial charge in [0.1, 0.15) is 23.3 Å². The van der Waals surface area contributed by atoms with Gasteiger partial charge in [-0.3, -0.25) is 9.10 Å². The maximum Gasteiger partial charge on any atom is 0.247 e. The third-order valence-electron chi connectivity index (χ3n) is 4.59. The fraction of sp³-hybridized carbons (Fsp3) is 0.208. The minimum Gasteiger partial charge on any atom is -0.494 e. The summed E-state index contributed by atoms with van der Waals surface area (Å²) in [6.07, 6.45) is 1.07. The third-order valence-corrected chi connectivity index (χ3v) is 5.83. The second-order valence-corrected chi connectivity index (χ2v) is 8.95. The standard InChI is InChI=1S/C24H26N2O5S/c1-4-30-21-16-12-20(13-17-21)26(32(3,28)29)18(2)24(27)25-19-10-14-23(15-11-19)31-22-8-6-5-7-9-22/h5-18H,4H2,1-3H3,(H,25,27). The van der Waals surface area contributed by atoms with Crippen LogP contribution in [0.2, 0.25) is 0 Å². The summed E-state index contributed by atoms with van der Waals surface area (Å²) in [6.45, 7) is 3.91. The molecule has 0 saturated carbocycles. The Kier molecular flexibility index (Phi) is 7.37. The molecule has 7 nitrogen and oxygen atoms in total. The monoisotopic (exact) mass is 454 g/mol. The average molecular weight is 455 g/mol. The number of para-hydroxylation sites is 1. The van der Waals surface area contributed by atoms with Crippen molar-refractivity contribution in [1.29, 1.82) is 0 Å². The number of hydrogen-bond donors (Lipinski definition) is 1. The molecular formula is C24H26N2O5S. The highest BCUT2D eigenvalue weighted by atomic mass is 32.2. The molecule has 0 aliphatic heterocycles. The van der Waals surface area contributed by atoms with E-state index in [1.54, 1.807) is 55.5 Å². The SMILES string of the molecule is CCOc1ccc(N(C(C)C(=O)Nc2ccc(Oc3ccccc3)cc2)S(C)(=O)=O)cc1. The zero-order chi connectivity index (χ0) is 23.1. The van der Waals surface area contributed by atoms with Crippen LogP contribution in [0.3, 0.4) is 0 Å². The normalized spacial score (nSPS) is 12.0. The molecule has 1 atom stereocenters. The van der Waals surface area contributed by atoms with Gasteiger partial charge in [0.05, 0.1) is 18.6 Å². The summed E-state index contributed by atoms with van der Waals surface area (Å²) in [4.78, 5) is 12.8. The van der Waals surface area contributed by atoms with Crippen LogP contribution in [0.5, 0.6) is 17.2 Å². The van der Waals surface area contributed by atoms with E-state index in [1.165, 1.54) is 0 Å². The van der Waals surface area contributed by atoms with Crippen LogP contribution in [0.15, 0.2) is 78.9 Å². The van der Waals surface area contributed by atoms with Crippen molar-refractivity contribution in [2.75, 3.05) is 22.5 Å². The maximum atomic E-state index is 12.8. The Bertz CT molecular complexity index is 1130. The van der Waals surface area contributed by atoms with Crippen molar-refractivity contribution < 1.29 is 22.7 Å². The number of amides is 1. The summed E-state index contributed by atoms with van der Waals surface area (Å²) >= 11 is 0. The number of rotatable bonds is 9. The van der Waals surface area contributed by atoms with E-state index in [0.717, 1.165) is 10.6 Å². The zero-order valence-electron chi connectivity index (χ0n) is 18.2. The van der Waals surface area contributed by atoms with Gasteiger partial charge in [-0.25, -0.2) is 8.42 Å². The van der Waals surface area contributed by atoms with Crippen LogP contribution in [-0.4, -0.2) is 33.2 Å². The van der Waals surface area contributed by atoms with Crippen LogP contribution in [-0.2, 0) is 14.8 Å². The highest BCUT2D eigenvalue weighted by Crippen LogP contribution is 2.26. The van der Waals surface area contributed by atoms with Crippen molar-refractivity contribution in [2.45, 2.75) is 19.9 Å². The van der Waals surface area contributed by atoms with E-state index in [0.29, 0.717) is 35.2 Å². The Morgan fingerprint density at radius 3 is 2.03 bits per heavy atom. The number of sulfonamides is 1. The van der Waals surface area contributed by atoms with Crippen molar-refractivity contribution in [1.82, 2.24) is 0 Å². The van der Waals surface area contributed by atoms with Crippen molar-refractivity contribution >= 4 is 27.3 Å². The molecule has 1 N–H and O–H groups in total. The number of ether oxygens (including phenoxy) is 2. The number of nitrogens with zero attached hydrogens (tertiary/aromatic N) is 1. The van der Waals surface area contributed by atoms with Gasteiger partial charge in [0.15, 0.2) is 0 Å². The quantitative estimate of drug-likeness (QED) is 0.508. The molecule has 32 heavy (non-hydrogen) atoms. The second kappa shape index (κ2) is 10.2. The lowest BCUT2D eigenvalue weighted by Gasteiger charge is -2.28. The van der Waals surface area contributed by atoms with Crippen molar-refractivity contribution in [2.24, 2.45) is 0 Å². The largest absolute Gasteiger partial charge is 0.494 e. The van der Waals surface area contributed by atoms with Gasteiger partial charge in [-0.15, -0.1) is 0 Å². The predicted molar refractivity (Wildman–Crippen MR) is 126 cm³/mol. The number of benzene rings is 3. The minimum absolute atomic E-state index is 0.380. The molecule has 0 radical (unpaired) electrons. The molecule has 0 spiro atoms. The first kappa shape index (κ1) is 23.1. The average Bonchev–Trinajstić information content (AvgIpc) is 2.76. The molecule has 3 aromatic carbocycles. The fourth-order valence-electron chi connectivity index (χ4n) is 3.14. The molecule has 168 valence electrons. The molecule has 0 heterocycles. The van der Waals surface area contributed by atoms with Gasteiger partial charge in [0.25, 0.3) is 0 Å². The summed E-state index contributed by atoms with van der Waals surface area (Å²) in [5.41, 5.74) is 0.910. The van der Waals surface area contributed by atoms with Crippen LogP contribution in [0.4, 0.5) is 11.4 Å². The number of carbonyl (C=O) groups is 1. The van der Waals surface area contributed by atoms with Crippen LogP contribution >= 0.6 is 0 Å². The molecule has 0 aliphatic rings. The lowest BCUT2D eigenvalue weighted by molar-refractivity contribution is -0.116. The van der Waals surface area contributed by atoms with Gasteiger partial charge in [-0.2, -0.15) is 0 Å². The molecule has 1 amide bonds. The van der Waals surface area contributed by atoms with E-state index < -0.39 is 22.0 Å². The summed E-state index contributed by atoms with van der Waals surface area (Å²) in [6, 6.07) is 21.8. The van der Waals surface area contributed by atoms with E-state index in [9.17, 15) is 13.2 Å². The van der Waals surface area contributed by atoms with Gasteiger partial charge in [-0.05, 0) is 74.5 Å². The molecule has 0 bridgehead atoms. The number of hydrogen-bond acceptors (Lipinski definition) is 5. The van der Waals surface area contributed by atoms with Crippen molar-refractivity contribution in [3.63, 3.8) is 0 Å². The Hall–Kier alpha value is -3.52. The summed E-state index contributed by atoms with van der Waals surface area (Å²) in [7, 11) is -3.71. The van der Waals surface area contributed by atoms with Gasteiger partial charge in [-0.1, -0.05) is 18.2 Å². The summed E-state index contributed by atoms with van der Waals surface area (Å²) in [5, 5.41) is 2.76. The lowest BCUT2D eigenvalue weighted by atomic mass is 10.2. The van der Waals surface area contributed by atoms with E-state index in [2.05, 4.69) is 5.32 Å². The highest BCUT2D eigenvalue weighted by molar-refractivity contribution is 7.92. The molecule has 0 fully saturated rings. The van der Waals surface area contributed by atoms with E-state index >= 15 is 0 Å². The number of nitrogens with one attached hydrogen (secondary N) is 1. The molecule has 0 saturated heterocycles. The molecule has 3 aromatic rings. The molecule has 0 aliphatic carbocycles. The zero-order valence-corrected chi connectivity index (χ0v) is 19.0. The maximum absolute atomic E-state index is 12.8. The van der Waals surface area contributed by atoms with Crippen LogP contribution in [0.25, 0.3) is 0 Å². The molecule has 1 unspecified atom stereocenters. The first-order valence-electron chi connectivity index (χ1n) is 10.1.